The lowest BCUT2D eigenvalue weighted by Crippen LogP contribution is -2.25. The third-order valence-electron chi connectivity index (χ3n) is 3.08. The van der Waals surface area contributed by atoms with E-state index in [-0.39, 0.29) is 5.92 Å². The molecule has 5 heteroatoms. The molecule has 0 aliphatic rings. The van der Waals surface area contributed by atoms with Gasteiger partial charge in [0.05, 0.1) is 12.8 Å². The maximum absolute atomic E-state index is 5.99. The second-order valence-electron chi connectivity index (χ2n) is 4.74. The molecule has 0 aromatic carbocycles. The summed E-state index contributed by atoms with van der Waals surface area (Å²) in [6.07, 6.45) is 3.20. The molecule has 0 aliphatic heterocycles. The van der Waals surface area contributed by atoms with Gasteiger partial charge in [-0.3, -0.25) is 0 Å². The SMILES string of the molecule is CCN(Cc1ccco1)c1ncnc(N)c1C(C)C. The molecule has 0 radical (unpaired) electrons. The van der Waals surface area contributed by atoms with Crippen LogP contribution in [-0.4, -0.2) is 16.5 Å². The summed E-state index contributed by atoms with van der Waals surface area (Å²) in [5.41, 5.74) is 6.98. The second-order valence-corrected chi connectivity index (χ2v) is 4.74. The van der Waals surface area contributed by atoms with E-state index in [4.69, 9.17) is 10.2 Å². The first kappa shape index (κ1) is 13.4. The Morgan fingerprint density at radius 2 is 2.16 bits per heavy atom. The van der Waals surface area contributed by atoms with Crippen LogP contribution in [0, 0.1) is 0 Å². The van der Waals surface area contributed by atoms with Crippen molar-refractivity contribution in [2.45, 2.75) is 33.2 Å². The van der Waals surface area contributed by atoms with Gasteiger partial charge in [-0.15, -0.1) is 0 Å². The van der Waals surface area contributed by atoms with Crippen molar-refractivity contribution in [3.05, 3.63) is 36.0 Å². The largest absolute Gasteiger partial charge is 0.467 e. The summed E-state index contributed by atoms with van der Waals surface area (Å²) in [6, 6.07) is 3.85. The quantitative estimate of drug-likeness (QED) is 0.895. The average Bonchev–Trinajstić information content (AvgIpc) is 2.88. The van der Waals surface area contributed by atoms with Crippen LogP contribution in [0.1, 0.15) is 38.0 Å². The standard InChI is InChI=1S/C14H20N4O/c1-4-18(8-11-6-5-7-19-11)14-12(10(2)3)13(15)16-9-17-14/h5-7,9-10H,4,8H2,1-3H3,(H2,15,16,17). The summed E-state index contributed by atoms with van der Waals surface area (Å²) in [5, 5.41) is 0. The van der Waals surface area contributed by atoms with Crippen molar-refractivity contribution < 1.29 is 4.42 Å². The zero-order chi connectivity index (χ0) is 13.8. The minimum Gasteiger partial charge on any atom is -0.467 e. The molecule has 19 heavy (non-hydrogen) atoms. The summed E-state index contributed by atoms with van der Waals surface area (Å²) in [4.78, 5) is 10.6. The van der Waals surface area contributed by atoms with Gasteiger partial charge in [-0.25, -0.2) is 9.97 Å². The highest BCUT2D eigenvalue weighted by Gasteiger charge is 2.18. The van der Waals surface area contributed by atoms with Gasteiger partial charge in [0, 0.05) is 12.1 Å². The second kappa shape index (κ2) is 5.73. The van der Waals surface area contributed by atoms with E-state index in [1.165, 1.54) is 6.33 Å². The van der Waals surface area contributed by atoms with Gasteiger partial charge in [0.2, 0.25) is 0 Å². The summed E-state index contributed by atoms with van der Waals surface area (Å²) in [5.74, 6) is 2.63. The number of nitrogens with two attached hydrogens (primary N) is 1. The monoisotopic (exact) mass is 260 g/mol. The normalized spacial score (nSPS) is 10.9. The molecule has 0 amide bonds. The molecule has 2 N–H and O–H groups in total. The van der Waals surface area contributed by atoms with Crippen molar-refractivity contribution in [2.24, 2.45) is 0 Å². The molecule has 0 spiro atoms. The van der Waals surface area contributed by atoms with E-state index in [9.17, 15) is 0 Å². The Balaban J connectivity index is 2.35. The van der Waals surface area contributed by atoms with Crippen LogP contribution in [-0.2, 0) is 6.54 Å². The van der Waals surface area contributed by atoms with Crippen LogP contribution in [0.5, 0.6) is 0 Å². The predicted molar refractivity (Wildman–Crippen MR) is 76.0 cm³/mol. The van der Waals surface area contributed by atoms with E-state index in [1.807, 2.05) is 12.1 Å². The lowest BCUT2D eigenvalue weighted by molar-refractivity contribution is 0.502. The fourth-order valence-corrected chi connectivity index (χ4v) is 2.13. The van der Waals surface area contributed by atoms with Crippen LogP contribution in [0.15, 0.2) is 29.1 Å². The zero-order valence-electron chi connectivity index (χ0n) is 11.6. The fraction of sp³-hybridized carbons (Fsp3) is 0.429. The number of hydrogen-bond donors (Lipinski definition) is 1. The topological polar surface area (TPSA) is 68.2 Å². The van der Waals surface area contributed by atoms with E-state index < -0.39 is 0 Å². The Bertz CT molecular complexity index is 522. The van der Waals surface area contributed by atoms with Crippen molar-refractivity contribution in [3.63, 3.8) is 0 Å². The third-order valence-corrected chi connectivity index (χ3v) is 3.08. The molecule has 2 rings (SSSR count). The minimum atomic E-state index is 0.279. The van der Waals surface area contributed by atoms with Crippen molar-refractivity contribution in [2.75, 3.05) is 17.2 Å². The zero-order valence-corrected chi connectivity index (χ0v) is 11.6. The van der Waals surface area contributed by atoms with Crippen molar-refractivity contribution in [1.82, 2.24) is 9.97 Å². The van der Waals surface area contributed by atoms with Crippen LogP contribution in [0.4, 0.5) is 11.6 Å². The van der Waals surface area contributed by atoms with Crippen molar-refractivity contribution >= 4 is 11.6 Å². The maximum Gasteiger partial charge on any atom is 0.137 e. The van der Waals surface area contributed by atoms with Crippen molar-refractivity contribution in [1.29, 1.82) is 0 Å². The Morgan fingerprint density at radius 1 is 1.37 bits per heavy atom. The van der Waals surface area contributed by atoms with E-state index in [0.29, 0.717) is 12.4 Å². The first-order valence-corrected chi connectivity index (χ1v) is 6.51. The molecule has 0 saturated heterocycles. The number of nitrogens with zero attached hydrogens (tertiary/aromatic N) is 3. The molecule has 102 valence electrons. The summed E-state index contributed by atoms with van der Waals surface area (Å²) >= 11 is 0. The number of aromatic nitrogens is 2. The van der Waals surface area contributed by atoms with E-state index in [2.05, 4.69) is 35.6 Å². The van der Waals surface area contributed by atoms with Gasteiger partial charge < -0.3 is 15.1 Å². The molecule has 0 saturated carbocycles. The van der Waals surface area contributed by atoms with E-state index in [0.717, 1.165) is 23.7 Å². The molecule has 2 heterocycles. The molecule has 0 bridgehead atoms. The van der Waals surface area contributed by atoms with E-state index >= 15 is 0 Å². The molecule has 0 atom stereocenters. The molecule has 5 nitrogen and oxygen atoms in total. The first-order valence-electron chi connectivity index (χ1n) is 6.51. The molecule has 0 aliphatic carbocycles. The van der Waals surface area contributed by atoms with Crippen molar-refractivity contribution in [3.8, 4) is 0 Å². The number of rotatable bonds is 5. The fourth-order valence-electron chi connectivity index (χ4n) is 2.13. The number of furan rings is 1. The summed E-state index contributed by atoms with van der Waals surface area (Å²) < 4.78 is 5.40. The molecular weight excluding hydrogens is 240 g/mol. The summed E-state index contributed by atoms with van der Waals surface area (Å²) in [7, 11) is 0. The molecule has 0 unspecified atom stereocenters. The van der Waals surface area contributed by atoms with Crippen LogP contribution < -0.4 is 10.6 Å². The molecule has 2 aromatic rings. The highest BCUT2D eigenvalue weighted by molar-refractivity contribution is 5.58. The van der Waals surface area contributed by atoms with Gasteiger partial charge in [-0.1, -0.05) is 13.8 Å². The lowest BCUT2D eigenvalue weighted by atomic mass is 10.0. The Morgan fingerprint density at radius 3 is 2.74 bits per heavy atom. The summed E-state index contributed by atoms with van der Waals surface area (Å²) in [6.45, 7) is 7.79. The van der Waals surface area contributed by atoms with Gasteiger partial charge in [0.15, 0.2) is 0 Å². The highest BCUT2D eigenvalue weighted by Crippen LogP contribution is 2.29. The van der Waals surface area contributed by atoms with Crippen LogP contribution in [0.3, 0.4) is 0 Å². The molecule has 2 aromatic heterocycles. The van der Waals surface area contributed by atoms with E-state index in [1.54, 1.807) is 6.26 Å². The van der Waals surface area contributed by atoms with Gasteiger partial charge in [-0.05, 0) is 25.0 Å². The van der Waals surface area contributed by atoms with Crippen LogP contribution in [0.25, 0.3) is 0 Å². The molecule has 0 fully saturated rings. The Hall–Kier alpha value is -2.04. The average molecular weight is 260 g/mol. The van der Waals surface area contributed by atoms with Crippen LogP contribution in [0.2, 0.25) is 0 Å². The predicted octanol–water partition coefficient (Wildman–Crippen LogP) is 2.80. The minimum absolute atomic E-state index is 0.279. The number of anilines is 2. The third kappa shape index (κ3) is 2.86. The van der Waals surface area contributed by atoms with Gasteiger partial charge in [0.25, 0.3) is 0 Å². The Labute approximate surface area is 113 Å². The highest BCUT2D eigenvalue weighted by atomic mass is 16.3. The Kier molecular flexibility index (Phi) is 4.04. The number of nitrogen functional groups attached to an aromatic ring is 1. The lowest BCUT2D eigenvalue weighted by Gasteiger charge is -2.25. The van der Waals surface area contributed by atoms with Gasteiger partial charge >= 0.3 is 0 Å². The van der Waals surface area contributed by atoms with Gasteiger partial charge in [-0.2, -0.15) is 0 Å². The molecular formula is C14H20N4O. The maximum atomic E-state index is 5.99. The number of hydrogen-bond acceptors (Lipinski definition) is 5. The smallest absolute Gasteiger partial charge is 0.137 e. The first-order chi connectivity index (χ1) is 9.13. The van der Waals surface area contributed by atoms with Crippen LogP contribution >= 0.6 is 0 Å². The van der Waals surface area contributed by atoms with Gasteiger partial charge in [0.1, 0.15) is 23.7 Å².